The van der Waals surface area contributed by atoms with Crippen molar-refractivity contribution in [3.63, 3.8) is 0 Å². The summed E-state index contributed by atoms with van der Waals surface area (Å²) >= 11 is 0. The Morgan fingerprint density at radius 3 is 3.00 bits per heavy atom. The zero-order valence-corrected chi connectivity index (χ0v) is 11.4. The van der Waals surface area contributed by atoms with E-state index in [2.05, 4.69) is 21.5 Å². The van der Waals surface area contributed by atoms with Crippen molar-refractivity contribution >= 4 is 17.1 Å². The van der Waals surface area contributed by atoms with Crippen LogP contribution in [0.15, 0.2) is 23.3 Å². The largest absolute Gasteiger partial charge is 0.396 e. The van der Waals surface area contributed by atoms with Crippen molar-refractivity contribution in [2.24, 2.45) is 11.8 Å². The molecule has 2 aromatic rings. The molecule has 0 amide bonds. The zero-order chi connectivity index (χ0) is 15.1. The molecule has 1 aliphatic rings. The number of aliphatic hydroxyl groups is 2. The summed E-state index contributed by atoms with van der Waals surface area (Å²) in [6.45, 7) is 4.33. The Balaban J connectivity index is 1.93. The number of aromatic nitrogens is 4. The Morgan fingerprint density at radius 2 is 2.33 bits per heavy atom. The summed E-state index contributed by atoms with van der Waals surface area (Å²) in [5, 5.41) is 19.2. The molecule has 3 atom stereocenters. The summed E-state index contributed by atoms with van der Waals surface area (Å²) in [4.78, 5) is 22.3. The quantitative estimate of drug-likeness (QED) is 0.550. The fourth-order valence-corrected chi connectivity index (χ4v) is 2.93. The molecule has 0 spiro atoms. The lowest BCUT2D eigenvalue weighted by Crippen LogP contribution is -2.17. The summed E-state index contributed by atoms with van der Waals surface area (Å²) in [6.07, 6.45) is 1.45. The molecule has 1 unspecified atom stereocenters. The maximum absolute atomic E-state index is 11.7. The van der Waals surface area contributed by atoms with Gasteiger partial charge in [0, 0.05) is 18.4 Å². The lowest BCUT2D eigenvalue weighted by atomic mass is 9.99. The van der Waals surface area contributed by atoms with Crippen LogP contribution in [0.2, 0.25) is 0 Å². The fraction of sp³-hybridized carbons (Fsp3) is 0.462. The van der Waals surface area contributed by atoms with Gasteiger partial charge in [-0.05, 0) is 6.42 Å². The molecule has 2 heterocycles. The second-order valence-electron chi connectivity index (χ2n) is 5.38. The van der Waals surface area contributed by atoms with Crippen LogP contribution in [-0.4, -0.2) is 42.4 Å². The molecule has 0 aliphatic heterocycles. The lowest BCUT2D eigenvalue weighted by molar-refractivity contribution is 0.101. The van der Waals surface area contributed by atoms with Crippen LogP contribution in [0.5, 0.6) is 0 Å². The molecule has 5 N–H and O–H groups in total. The van der Waals surface area contributed by atoms with E-state index in [4.69, 9.17) is 5.73 Å². The van der Waals surface area contributed by atoms with E-state index in [9.17, 15) is 15.0 Å². The summed E-state index contributed by atoms with van der Waals surface area (Å²) < 4.78 is 1.73. The molecule has 1 saturated carbocycles. The number of aromatic amines is 1. The topological polar surface area (TPSA) is 130 Å². The van der Waals surface area contributed by atoms with Crippen molar-refractivity contribution < 1.29 is 10.2 Å². The number of imidazole rings is 1. The number of nitrogens with zero attached hydrogens (tertiary/aromatic N) is 3. The van der Waals surface area contributed by atoms with Gasteiger partial charge in [-0.25, -0.2) is 4.98 Å². The number of nitrogens with one attached hydrogen (secondary N) is 1. The molecule has 8 nitrogen and oxygen atoms in total. The van der Waals surface area contributed by atoms with Crippen LogP contribution in [0, 0.1) is 11.8 Å². The molecule has 0 aromatic carbocycles. The predicted octanol–water partition coefficient (Wildman–Crippen LogP) is -0.753. The van der Waals surface area contributed by atoms with Crippen molar-refractivity contribution in [1.82, 2.24) is 19.5 Å². The summed E-state index contributed by atoms with van der Waals surface area (Å²) in [5.41, 5.74) is 6.62. The number of fused-ring (bicyclic) bond motifs is 1. The average Bonchev–Trinajstić information content (AvgIpc) is 2.93. The molecule has 112 valence electrons. The average molecular weight is 291 g/mol. The van der Waals surface area contributed by atoms with Crippen LogP contribution < -0.4 is 11.3 Å². The molecule has 8 heteroatoms. The number of hydrogen-bond donors (Lipinski definition) is 4. The second kappa shape index (κ2) is 4.97. The van der Waals surface area contributed by atoms with Gasteiger partial charge in [0.2, 0.25) is 5.95 Å². The molecule has 0 bridgehead atoms. The van der Waals surface area contributed by atoms with Crippen LogP contribution in [-0.2, 0) is 6.54 Å². The first kappa shape index (κ1) is 13.8. The number of aliphatic hydroxyl groups excluding tert-OH is 2. The Labute approximate surface area is 120 Å². The number of rotatable bonds is 3. The van der Waals surface area contributed by atoms with Gasteiger partial charge in [-0.3, -0.25) is 9.78 Å². The molecule has 21 heavy (non-hydrogen) atoms. The van der Waals surface area contributed by atoms with Crippen LogP contribution in [0.4, 0.5) is 5.95 Å². The van der Waals surface area contributed by atoms with Crippen molar-refractivity contribution in [3.8, 4) is 0 Å². The molecule has 0 saturated heterocycles. The SMILES string of the molecule is C=C1C(Cn2cnc3c(=O)[nH]c(N)nc32)C[C@H](O)[C@H]1CO. The first-order valence-corrected chi connectivity index (χ1v) is 6.69. The van der Waals surface area contributed by atoms with E-state index in [1.165, 1.54) is 6.33 Å². The summed E-state index contributed by atoms with van der Waals surface area (Å²) in [5.74, 6) is -0.268. The third-order valence-corrected chi connectivity index (χ3v) is 4.10. The smallest absolute Gasteiger partial charge is 0.280 e. The monoisotopic (exact) mass is 291 g/mol. The minimum absolute atomic E-state index is 0.00291. The maximum atomic E-state index is 11.7. The van der Waals surface area contributed by atoms with Gasteiger partial charge in [-0.1, -0.05) is 12.2 Å². The van der Waals surface area contributed by atoms with Crippen LogP contribution >= 0.6 is 0 Å². The molecule has 3 rings (SSSR count). The highest BCUT2D eigenvalue weighted by molar-refractivity contribution is 5.70. The van der Waals surface area contributed by atoms with Crippen LogP contribution in [0.25, 0.3) is 11.2 Å². The van der Waals surface area contributed by atoms with Gasteiger partial charge in [0.25, 0.3) is 5.56 Å². The van der Waals surface area contributed by atoms with Crippen molar-refractivity contribution in [3.05, 3.63) is 28.8 Å². The van der Waals surface area contributed by atoms with E-state index in [0.717, 1.165) is 5.57 Å². The Hall–Kier alpha value is -2.19. The third kappa shape index (κ3) is 2.22. The Bertz CT molecular complexity index is 750. The maximum Gasteiger partial charge on any atom is 0.280 e. The highest BCUT2D eigenvalue weighted by atomic mass is 16.3. The first-order chi connectivity index (χ1) is 10.0. The van der Waals surface area contributed by atoms with E-state index in [-0.39, 0.29) is 35.5 Å². The van der Waals surface area contributed by atoms with Crippen LogP contribution in [0.3, 0.4) is 0 Å². The number of anilines is 1. The molecule has 0 radical (unpaired) electrons. The van der Waals surface area contributed by atoms with E-state index in [0.29, 0.717) is 18.6 Å². The summed E-state index contributed by atoms with van der Waals surface area (Å²) in [6, 6.07) is 0. The van der Waals surface area contributed by atoms with Crippen LogP contribution in [0.1, 0.15) is 6.42 Å². The Morgan fingerprint density at radius 1 is 1.57 bits per heavy atom. The normalized spacial score (nSPS) is 25.8. The minimum atomic E-state index is -0.594. The van der Waals surface area contributed by atoms with Gasteiger partial charge in [0.05, 0.1) is 19.0 Å². The van der Waals surface area contributed by atoms with Gasteiger partial charge in [0.1, 0.15) is 0 Å². The zero-order valence-electron chi connectivity index (χ0n) is 11.4. The van der Waals surface area contributed by atoms with E-state index in [1.54, 1.807) is 4.57 Å². The fourth-order valence-electron chi connectivity index (χ4n) is 2.93. The highest BCUT2D eigenvalue weighted by Crippen LogP contribution is 2.36. The second-order valence-corrected chi connectivity index (χ2v) is 5.38. The van der Waals surface area contributed by atoms with Crippen molar-refractivity contribution in [2.45, 2.75) is 19.1 Å². The molecular weight excluding hydrogens is 274 g/mol. The van der Waals surface area contributed by atoms with Gasteiger partial charge in [-0.15, -0.1) is 0 Å². The molecule has 1 fully saturated rings. The third-order valence-electron chi connectivity index (χ3n) is 4.10. The van der Waals surface area contributed by atoms with Gasteiger partial charge < -0.3 is 20.5 Å². The van der Waals surface area contributed by atoms with Crippen molar-refractivity contribution in [2.75, 3.05) is 12.3 Å². The Kier molecular flexibility index (Phi) is 3.26. The van der Waals surface area contributed by atoms with Gasteiger partial charge in [-0.2, -0.15) is 4.98 Å². The number of nitrogen functional groups attached to an aromatic ring is 1. The molecule has 2 aromatic heterocycles. The van der Waals surface area contributed by atoms with E-state index in [1.807, 2.05) is 0 Å². The summed E-state index contributed by atoms with van der Waals surface area (Å²) in [7, 11) is 0. The first-order valence-electron chi connectivity index (χ1n) is 6.69. The molecular formula is C13H17N5O3. The van der Waals surface area contributed by atoms with Gasteiger partial charge >= 0.3 is 0 Å². The van der Waals surface area contributed by atoms with Gasteiger partial charge in [0.15, 0.2) is 11.2 Å². The number of hydrogen-bond acceptors (Lipinski definition) is 6. The van der Waals surface area contributed by atoms with E-state index < -0.39 is 6.10 Å². The number of H-pyrrole nitrogens is 1. The molecule has 1 aliphatic carbocycles. The van der Waals surface area contributed by atoms with Crippen molar-refractivity contribution in [1.29, 1.82) is 0 Å². The lowest BCUT2D eigenvalue weighted by Gasteiger charge is -2.14. The number of nitrogens with two attached hydrogens (primary N) is 1. The standard InChI is InChI=1S/C13H17N5O3/c1-6-7(2-9(20)8(6)4-19)3-18-5-15-10-11(18)16-13(14)17-12(10)21/h5,7-9,19-20H,1-4H2,(H3,14,16,17,21)/t7?,8-,9-/m0/s1. The minimum Gasteiger partial charge on any atom is -0.396 e. The highest BCUT2D eigenvalue weighted by Gasteiger charge is 2.36. The van der Waals surface area contributed by atoms with E-state index >= 15 is 0 Å². The predicted molar refractivity (Wildman–Crippen MR) is 76.4 cm³/mol.